The van der Waals surface area contributed by atoms with Crippen LogP contribution in [0.15, 0.2) is 10.7 Å². The lowest BCUT2D eigenvalue weighted by molar-refractivity contribution is 0.232. The highest BCUT2D eigenvalue weighted by Gasteiger charge is 2.49. The third kappa shape index (κ3) is 4.30. The lowest BCUT2D eigenvalue weighted by Crippen LogP contribution is -2.41. The lowest BCUT2D eigenvalue weighted by atomic mass is 9.63. The molecule has 2 saturated heterocycles. The molecule has 2 aliphatic carbocycles. The van der Waals surface area contributed by atoms with Gasteiger partial charge in [-0.15, -0.1) is 11.3 Å². The maximum Gasteiger partial charge on any atom is 0.186 e. The molecule has 0 saturated carbocycles. The number of hydrogen-bond acceptors (Lipinski definition) is 11. The Morgan fingerprint density at radius 1 is 1.13 bits per heavy atom. The number of nitrogen functional groups attached to an aromatic ring is 1. The molecular weight excluding hydrogens is 597 g/mol. The molecule has 12 heteroatoms. The zero-order chi connectivity index (χ0) is 31.7. The Morgan fingerprint density at radius 3 is 2.70 bits per heavy atom. The van der Waals surface area contributed by atoms with Crippen molar-refractivity contribution in [1.82, 2.24) is 29.8 Å². The van der Waals surface area contributed by atoms with E-state index in [1.165, 1.54) is 11.3 Å². The van der Waals surface area contributed by atoms with Gasteiger partial charge in [-0.1, -0.05) is 5.16 Å². The van der Waals surface area contributed by atoms with Crippen molar-refractivity contribution in [2.75, 3.05) is 30.8 Å². The Hall–Kier alpha value is -4.00. The van der Waals surface area contributed by atoms with Gasteiger partial charge >= 0.3 is 0 Å². The maximum atomic E-state index is 10.1. The summed E-state index contributed by atoms with van der Waals surface area (Å²) in [6, 6.07) is 5.56. The normalized spacial score (nSPS) is 27.0. The first-order valence-corrected chi connectivity index (χ1v) is 17.6. The summed E-state index contributed by atoms with van der Waals surface area (Å²) < 4.78 is 8.43. The third-order valence-corrected chi connectivity index (χ3v) is 12.4. The van der Waals surface area contributed by atoms with Crippen molar-refractivity contribution in [3.63, 3.8) is 0 Å². The number of thiophene rings is 1. The molecule has 2 fully saturated rings. The molecule has 5 atom stereocenters. The van der Waals surface area contributed by atoms with E-state index >= 15 is 0 Å². The van der Waals surface area contributed by atoms with Gasteiger partial charge in [0, 0.05) is 35.0 Å². The molecule has 0 aromatic carbocycles. The van der Waals surface area contributed by atoms with Gasteiger partial charge < -0.3 is 20.1 Å². The second-order valence-electron chi connectivity index (χ2n) is 13.9. The summed E-state index contributed by atoms with van der Waals surface area (Å²) in [5.41, 5.74) is 10.2. The van der Waals surface area contributed by atoms with Gasteiger partial charge in [0.25, 0.3) is 0 Å². The van der Waals surface area contributed by atoms with E-state index in [-0.39, 0.29) is 18.0 Å². The second-order valence-corrected chi connectivity index (χ2v) is 15.0. The van der Waals surface area contributed by atoms with Crippen LogP contribution in [0.3, 0.4) is 0 Å². The van der Waals surface area contributed by atoms with Crippen LogP contribution in [0.2, 0.25) is 0 Å². The zero-order valence-electron chi connectivity index (χ0n) is 26.8. The molecule has 238 valence electrons. The first kappa shape index (κ1) is 29.4. The van der Waals surface area contributed by atoms with Crippen LogP contribution < -0.4 is 10.6 Å². The van der Waals surface area contributed by atoms with Crippen LogP contribution in [-0.4, -0.2) is 62.0 Å². The van der Waals surface area contributed by atoms with Crippen LogP contribution in [0.1, 0.15) is 98.6 Å². The monoisotopic (exact) mass is 636 g/mol. The maximum absolute atomic E-state index is 10.1. The van der Waals surface area contributed by atoms with Crippen LogP contribution >= 0.6 is 11.3 Å². The van der Waals surface area contributed by atoms with Gasteiger partial charge in [0.15, 0.2) is 22.9 Å². The highest BCUT2D eigenvalue weighted by Crippen LogP contribution is 2.55. The smallest absolute Gasteiger partial charge is 0.186 e. The molecule has 11 nitrogen and oxygen atoms in total. The van der Waals surface area contributed by atoms with E-state index in [2.05, 4.69) is 47.5 Å². The minimum absolute atomic E-state index is 0.0484. The number of likely N-dealkylation sites (N-methyl/N-ethyl adjacent to an activating group) is 1. The van der Waals surface area contributed by atoms with Gasteiger partial charge in [-0.2, -0.15) is 15.6 Å². The summed E-state index contributed by atoms with van der Waals surface area (Å²) in [7, 11) is 2.19. The predicted octanol–water partition coefficient (Wildman–Crippen LogP) is 5.74. The molecule has 5 unspecified atom stereocenters. The Labute approximate surface area is 273 Å². The van der Waals surface area contributed by atoms with Crippen molar-refractivity contribution in [2.24, 2.45) is 5.92 Å². The topological polar surface area (TPSA) is 150 Å². The second kappa shape index (κ2) is 11.1. The van der Waals surface area contributed by atoms with Crippen molar-refractivity contribution >= 4 is 33.2 Å². The van der Waals surface area contributed by atoms with Gasteiger partial charge in [-0.3, -0.25) is 0 Å². The molecule has 6 heterocycles. The number of anilines is 2. The van der Waals surface area contributed by atoms with Crippen molar-refractivity contribution in [3.8, 4) is 23.7 Å². The number of nitrogens with zero attached hydrogens (tertiary/aromatic N) is 9. The molecule has 8 rings (SSSR count). The summed E-state index contributed by atoms with van der Waals surface area (Å²) in [4.78, 5) is 16.4. The Kier molecular flexibility index (Phi) is 7.07. The van der Waals surface area contributed by atoms with E-state index in [1.807, 2.05) is 6.20 Å². The largest absolute Gasteiger partial charge is 0.389 e. The van der Waals surface area contributed by atoms with Gasteiger partial charge in [0.1, 0.15) is 16.9 Å². The van der Waals surface area contributed by atoms with Crippen LogP contribution in [0.25, 0.3) is 22.6 Å². The molecule has 4 aliphatic rings. The number of likely N-dealkylation sites (tertiary alicyclic amines) is 1. The number of nitriles is 2. The number of hydrogen-bond donors (Lipinski definition) is 1. The molecule has 4 aromatic rings. The molecule has 2 aliphatic heterocycles. The van der Waals surface area contributed by atoms with Crippen molar-refractivity contribution in [3.05, 3.63) is 33.5 Å². The van der Waals surface area contributed by atoms with Gasteiger partial charge in [-0.05, 0) is 97.2 Å². The van der Waals surface area contributed by atoms with Crippen molar-refractivity contribution in [1.29, 1.82) is 10.5 Å². The number of piperidine rings is 1. The summed E-state index contributed by atoms with van der Waals surface area (Å²) in [5, 5.41) is 31.0. The Bertz CT molecular complexity index is 1910. The fraction of sp³-hybridized carbons (Fsp3) is 0.588. The Balaban J connectivity index is 1.29. The highest BCUT2D eigenvalue weighted by atomic mass is 32.1. The van der Waals surface area contributed by atoms with E-state index in [9.17, 15) is 10.5 Å². The average Bonchev–Trinajstić information content (AvgIpc) is 3.85. The summed E-state index contributed by atoms with van der Waals surface area (Å²) in [5.74, 6) is 2.30. The number of fused-ring (bicyclic) bond motifs is 5. The minimum Gasteiger partial charge on any atom is -0.389 e. The third-order valence-electron chi connectivity index (χ3n) is 11.4. The number of aromatic nitrogens is 5. The molecule has 46 heavy (non-hydrogen) atoms. The lowest BCUT2D eigenvalue weighted by Gasteiger charge is -2.39. The van der Waals surface area contributed by atoms with E-state index in [4.69, 9.17) is 30.5 Å². The predicted molar refractivity (Wildman–Crippen MR) is 176 cm³/mol. The van der Waals surface area contributed by atoms with Crippen LogP contribution in [0.4, 0.5) is 10.8 Å². The van der Waals surface area contributed by atoms with Crippen LogP contribution in [-0.2, 0) is 18.3 Å². The SMILES string of the molecule is CC1CC(C#N)CCN1c1nc(-c2noc3c2CCCC32CCCc3sc(N)c(C#N)c32)nc2c1cnn2C(C)C1CCCN1C. The fourth-order valence-corrected chi connectivity index (χ4v) is 10.2. The summed E-state index contributed by atoms with van der Waals surface area (Å²) in [6.07, 6.45) is 11.4. The minimum atomic E-state index is -0.407. The number of aryl methyl sites for hydroxylation is 1. The number of nitrogens with two attached hydrogens (primary N) is 1. The molecular formula is C34H40N10OS. The number of rotatable bonds is 4. The molecule has 4 aromatic heterocycles. The summed E-state index contributed by atoms with van der Waals surface area (Å²) in [6.45, 7) is 6.25. The average molecular weight is 637 g/mol. The first-order chi connectivity index (χ1) is 22.3. The quantitative estimate of drug-likeness (QED) is 0.294. The van der Waals surface area contributed by atoms with Crippen molar-refractivity contribution < 1.29 is 4.52 Å². The first-order valence-electron chi connectivity index (χ1n) is 16.8. The van der Waals surface area contributed by atoms with Gasteiger partial charge in [-0.25, -0.2) is 14.6 Å². The fourth-order valence-electron chi connectivity index (χ4n) is 9.06. The van der Waals surface area contributed by atoms with Crippen LogP contribution in [0.5, 0.6) is 0 Å². The molecule has 0 bridgehead atoms. The molecule has 2 N–H and O–H groups in total. The Morgan fingerprint density at radius 2 is 1.96 bits per heavy atom. The van der Waals surface area contributed by atoms with E-state index < -0.39 is 5.41 Å². The van der Waals surface area contributed by atoms with Crippen LogP contribution in [0, 0.1) is 28.6 Å². The van der Waals surface area contributed by atoms with E-state index in [1.54, 1.807) is 11.3 Å². The molecule has 0 amide bonds. The molecule has 0 radical (unpaired) electrons. The zero-order valence-corrected chi connectivity index (χ0v) is 27.6. The van der Waals surface area contributed by atoms with Crippen molar-refractivity contribution in [2.45, 2.75) is 102 Å². The summed E-state index contributed by atoms with van der Waals surface area (Å²) >= 11 is 1.55. The van der Waals surface area contributed by atoms with Gasteiger partial charge in [0.2, 0.25) is 0 Å². The van der Waals surface area contributed by atoms with Gasteiger partial charge in [0.05, 0.1) is 34.7 Å². The van der Waals surface area contributed by atoms with E-state index in [0.717, 1.165) is 105 Å². The van der Waals surface area contributed by atoms with E-state index in [0.29, 0.717) is 28.1 Å². The standard InChI is InChI=1S/C34H40N10OS/c1-19-15-21(16-35)10-14-43(19)32-24-18-38-44(20(2)25-8-6-13-42(25)3)33(24)40-31(39-32)28-22-7-4-11-34(29(22)45-41-28)12-5-9-26-27(34)23(17-36)30(37)46-26/h18-21,25H,4-15,37H2,1-3H3. The highest BCUT2D eigenvalue weighted by molar-refractivity contribution is 7.16. The molecule has 1 spiro atoms.